The standard InChI is InChI=1S/C26H37N5O8S/c32-23(33)15-28-7-1-2-8-31(18-26(38)39)22(13-20-3-5-21(6-4-20)27-19-40)14-30(17-25(36)37)12-11-29(10-9-28)16-24(34)35/h3-6,22H,1-2,7-18H2,(H,32,33)(H,34,35)(H,36,37)(H,38,39). The van der Waals surface area contributed by atoms with Crippen molar-refractivity contribution in [3.05, 3.63) is 29.8 Å². The Morgan fingerprint density at radius 2 is 1.20 bits per heavy atom. The van der Waals surface area contributed by atoms with Crippen LogP contribution in [0.1, 0.15) is 18.4 Å². The lowest BCUT2D eigenvalue weighted by molar-refractivity contribution is -0.141. The van der Waals surface area contributed by atoms with Crippen LogP contribution in [0.2, 0.25) is 0 Å². The quantitative estimate of drug-likeness (QED) is 0.213. The molecule has 1 unspecified atom stereocenters. The number of isothiocyanates is 1. The molecule has 1 heterocycles. The number of aliphatic imine (C=N–C) groups is 1. The van der Waals surface area contributed by atoms with E-state index in [2.05, 4.69) is 22.4 Å². The number of thiocarbonyl (C=S) groups is 1. The molecule has 1 saturated heterocycles. The number of nitrogens with zero attached hydrogens (tertiary/aromatic N) is 5. The molecule has 14 heteroatoms. The third-order valence-electron chi connectivity index (χ3n) is 6.62. The summed E-state index contributed by atoms with van der Waals surface area (Å²) in [5.41, 5.74) is 1.53. The summed E-state index contributed by atoms with van der Waals surface area (Å²) in [6, 6.07) is 6.90. The Labute approximate surface area is 238 Å². The van der Waals surface area contributed by atoms with Crippen LogP contribution in [0.5, 0.6) is 0 Å². The minimum Gasteiger partial charge on any atom is -0.480 e. The van der Waals surface area contributed by atoms with Crippen LogP contribution in [0.3, 0.4) is 0 Å². The van der Waals surface area contributed by atoms with E-state index in [0.717, 1.165) is 5.56 Å². The van der Waals surface area contributed by atoms with E-state index in [1.165, 1.54) is 0 Å². The van der Waals surface area contributed by atoms with Crippen LogP contribution in [-0.2, 0) is 25.6 Å². The summed E-state index contributed by atoms with van der Waals surface area (Å²) in [6.45, 7) is 1.26. The van der Waals surface area contributed by atoms with Crippen LogP contribution in [0.4, 0.5) is 5.69 Å². The Kier molecular flexibility index (Phi) is 14.4. The average molecular weight is 580 g/mol. The fourth-order valence-electron chi connectivity index (χ4n) is 4.77. The lowest BCUT2D eigenvalue weighted by Gasteiger charge is -2.36. The molecule has 1 aromatic rings. The Morgan fingerprint density at radius 1 is 0.725 bits per heavy atom. The number of benzene rings is 1. The van der Waals surface area contributed by atoms with Gasteiger partial charge in [0.2, 0.25) is 0 Å². The maximum atomic E-state index is 11.8. The summed E-state index contributed by atoms with van der Waals surface area (Å²) in [7, 11) is 0. The fraction of sp³-hybridized carbons (Fsp3) is 0.577. The zero-order valence-electron chi connectivity index (χ0n) is 22.4. The van der Waals surface area contributed by atoms with Gasteiger partial charge in [-0.05, 0) is 62.3 Å². The normalized spacial score (nSPS) is 19.2. The van der Waals surface area contributed by atoms with E-state index in [-0.39, 0.29) is 51.9 Å². The van der Waals surface area contributed by atoms with Gasteiger partial charge in [-0.3, -0.25) is 38.8 Å². The van der Waals surface area contributed by atoms with E-state index in [9.17, 15) is 39.6 Å². The number of rotatable bonds is 11. The summed E-state index contributed by atoms with van der Waals surface area (Å²) < 4.78 is 0. The first-order valence-electron chi connectivity index (χ1n) is 13.0. The van der Waals surface area contributed by atoms with Gasteiger partial charge in [0.25, 0.3) is 0 Å². The zero-order valence-corrected chi connectivity index (χ0v) is 23.2. The van der Waals surface area contributed by atoms with Crippen LogP contribution < -0.4 is 0 Å². The minimum atomic E-state index is -1.05. The SMILES string of the molecule is O=C(O)CN1CCCCN(CC(=O)O)C(Cc2ccc(N=C=S)cc2)CN(CC(=O)O)CCN(CC(=O)O)CC1. The first-order valence-corrected chi connectivity index (χ1v) is 13.4. The second kappa shape index (κ2) is 17.4. The molecule has 0 bridgehead atoms. The third-order valence-corrected chi connectivity index (χ3v) is 6.71. The molecule has 0 spiro atoms. The first kappa shape index (κ1) is 32.9. The van der Waals surface area contributed by atoms with Crippen molar-refractivity contribution >= 4 is 46.9 Å². The third kappa shape index (κ3) is 13.2. The van der Waals surface area contributed by atoms with Gasteiger partial charge >= 0.3 is 23.9 Å². The van der Waals surface area contributed by atoms with Crippen molar-refractivity contribution in [1.29, 1.82) is 0 Å². The average Bonchev–Trinajstić information content (AvgIpc) is 2.86. The van der Waals surface area contributed by atoms with E-state index >= 15 is 0 Å². The highest BCUT2D eigenvalue weighted by Gasteiger charge is 2.26. The molecule has 0 radical (unpaired) electrons. The minimum absolute atomic E-state index is 0.198. The summed E-state index contributed by atoms with van der Waals surface area (Å²) in [4.78, 5) is 57.3. The van der Waals surface area contributed by atoms with E-state index in [1.807, 2.05) is 17.0 Å². The number of hydrogen-bond donors (Lipinski definition) is 4. The van der Waals surface area contributed by atoms with E-state index in [4.69, 9.17) is 0 Å². The molecule has 220 valence electrons. The van der Waals surface area contributed by atoms with Crippen molar-refractivity contribution < 1.29 is 39.6 Å². The Balaban J connectivity index is 2.38. The number of hydrogen-bond acceptors (Lipinski definition) is 10. The lowest BCUT2D eigenvalue weighted by Crippen LogP contribution is -2.51. The fourth-order valence-corrected chi connectivity index (χ4v) is 4.87. The van der Waals surface area contributed by atoms with Crippen molar-refractivity contribution in [1.82, 2.24) is 19.6 Å². The highest BCUT2D eigenvalue weighted by molar-refractivity contribution is 7.78. The van der Waals surface area contributed by atoms with E-state index in [1.54, 1.807) is 26.8 Å². The van der Waals surface area contributed by atoms with E-state index < -0.39 is 23.9 Å². The summed E-state index contributed by atoms with van der Waals surface area (Å²) in [5.74, 6) is -4.10. The summed E-state index contributed by atoms with van der Waals surface area (Å²) in [5, 5.41) is 40.3. The second-order valence-electron chi connectivity index (χ2n) is 9.77. The monoisotopic (exact) mass is 579 g/mol. The maximum absolute atomic E-state index is 11.8. The van der Waals surface area contributed by atoms with Gasteiger partial charge < -0.3 is 20.4 Å². The molecule has 13 nitrogen and oxygen atoms in total. The zero-order chi connectivity index (χ0) is 29.5. The Bertz CT molecular complexity index is 1050. The number of aliphatic carboxylic acids is 4. The molecule has 1 fully saturated rings. The molecule has 4 N–H and O–H groups in total. The number of carboxylic acid groups (broad SMARTS) is 4. The highest BCUT2D eigenvalue weighted by Crippen LogP contribution is 2.17. The molecule has 0 saturated carbocycles. The lowest BCUT2D eigenvalue weighted by atomic mass is 10.0. The van der Waals surface area contributed by atoms with Gasteiger partial charge in [-0.1, -0.05) is 12.1 Å². The number of carboxylic acids is 4. The van der Waals surface area contributed by atoms with Crippen LogP contribution in [0.15, 0.2) is 29.3 Å². The van der Waals surface area contributed by atoms with Crippen LogP contribution >= 0.6 is 12.2 Å². The van der Waals surface area contributed by atoms with Crippen LogP contribution in [0.25, 0.3) is 0 Å². The summed E-state index contributed by atoms with van der Waals surface area (Å²) in [6.07, 6.45) is 1.65. The molecular formula is C26H37N5O8S. The van der Waals surface area contributed by atoms with Crippen molar-refractivity contribution in [3.63, 3.8) is 0 Å². The summed E-state index contributed by atoms with van der Waals surface area (Å²) >= 11 is 4.65. The van der Waals surface area contributed by atoms with Crippen LogP contribution in [-0.4, -0.2) is 147 Å². The molecule has 40 heavy (non-hydrogen) atoms. The van der Waals surface area contributed by atoms with Crippen molar-refractivity contribution in [2.75, 3.05) is 72.0 Å². The Morgan fingerprint density at radius 3 is 1.73 bits per heavy atom. The molecule has 2 rings (SSSR count). The molecular weight excluding hydrogens is 542 g/mol. The topological polar surface area (TPSA) is 175 Å². The molecule has 1 atom stereocenters. The van der Waals surface area contributed by atoms with E-state index in [0.29, 0.717) is 51.1 Å². The maximum Gasteiger partial charge on any atom is 0.317 e. The van der Waals surface area contributed by atoms with Crippen molar-refractivity contribution in [2.24, 2.45) is 4.99 Å². The number of carbonyl (C=O) groups is 4. The van der Waals surface area contributed by atoms with Gasteiger partial charge in [-0.25, -0.2) is 0 Å². The van der Waals surface area contributed by atoms with Crippen molar-refractivity contribution in [3.8, 4) is 0 Å². The smallest absolute Gasteiger partial charge is 0.317 e. The van der Waals surface area contributed by atoms with Crippen molar-refractivity contribution in [2.45, 2.75) is 25.3 Å². The molecule has 0 aliphatic carbocycles. The molecule has 0 amide bonds. The van der Waals surface area contributed by atoms with Gasteiger partial charge in [0.15, 0.2) is 0 Å². The molecule has 1 aliphatic heterocycles. The van der Waals surface area contributed by atoms with Crippen LogP contribution in [0, 0.1) is 0 Å². The molecule has 0 aromatic heterocycles. The largest absolute Gasteiger partial charge is 0.480 e. The Hall–Kier alpha value is -3.26. The van der Waals surface area contributed by atoms with Gasteiger partial charge in [-0.2, -0.15) is 4.99 Å². The predicted molar refractivity (Wildman–Crippen MR) is 149 cm³/mol. The van der Waals surface area contributed by atoms with Gasteiger partial charge in [0, 0.05) is 38.8 Å². The molecule has 1 aliphatic rings. The predicted octanol–water partition coefficient (Wildman–Crippen LogP) is 0.672. The highest BCUT2D eigenvalue weighted by atomic mass is 32.1. The van der Waals surface area contributed by atoms with Gasteiger partial charge in [0.1, 0.15) is 0 Å². The van der Waals surface area contributed by atoms with Gasteiger partial charge in [0.05, 0.1) is 37.0 Å². The van der Waals surface area contributed by atoms with Gasteiger partial charge in [-0.15, -0.1) is 0 Å². The first-order chi connectivity index (χ1) is 19.0. The second-order valence-corrected chi connectivity index (χ2v) is 9.95. The molecule has 1 aromatic carbocycles.